The highest BCUT2D eigenvalue weighted by Crippen LogP contribution is 2.16. The van der Waals surface area contributed by atoms with Crippen molar-refractivity contribution < 1.29 is 18.0 Å². The van der Waals surface area contributed by atoms with Gasteiger partial charge >= 0.3 is 0 Å². The third kappa shape index (κ3) is 6.38. The molecule has 2 aromatic carbocycles. The lowest BCUT2D eigenvalue weighted by Gasteiger charge is -2.22. The van der Waals surface area contributed by atoms with Crippen LogP contribution in [0.5, 0.6) is 0 Å². The van der Waals surface area contributed by atoms with Crippen molar-refractivity contribution in [1.29, 1.82) is 0 Å². The van der Waals surface area contributed by atoms with Gasteiger partial charge in [-0.05, 0) is 43.2 Å². The van der Waals surface area contributed by atoms with E-state index in [-0.39, 0.29) is 18.4 Å². The second-order valence-corrected chi connectivity index (χ2v) is 8.29. The summed E-state index contributed by atoms with van der Waals surface area (Å²) >= 11 is 0. The minimum Gasteiger partial charge on any atom is -0.329 e. The molecule has 0 aliphatic carbocycles. The number of carbonyl (C=O) groups is 2. The van der Waals surface area contributed by atoms with Crippen LogP contribution in [0, 0.1) is 6.92 Å². The molecule has 2 rings (SSSR count). The minimum atomic E-state index is -3.45. The van der Waals surface area contributed by atoms with E-state index in [0.717, 1.165) is 11.8 Å². The van der Waals surface area contributed by atoms with Crippen LogP contribution in [0.25, 0.3) is 0 Å². The molecule has 0 saturated carbocycles. The van der Waals surface area contributed by atoms with Gasteiger partial charge in [0.05, 0.1) is 6.26 Å². The van der Waals surface area contributed by atoms with Gasteiger partial charge in [-0.15, -0.1) is 0 Å². The fraction of sp³-hybridized carbons (Fsp3) is 0.300. The Kier molecular flexibility index (Phi) is 7.17. The highest BCUT2D eigenvalue weighted by molar-refractivity contribution is 7.92. The SMILES string of the molecule is CCCN(CC(=O)Nc1ccccc1C)C(=O)c1cccc(NS(C)(=O)=O)c1. The quantitative estimate of drug-likeness (QED) is 0.708. The Bertz CT molecular complexity index is 957. The largest absolute Gasteiger partial charge is 0.329 e. The van der Waals surface area contributed by atoms with E-state index in [4.69, 9.17) is 0 Å². The molecule has 150 valence electrons. The fourth-order valence-electron chi connectivity index (χ4n) is 2.71. The van der Waals surface area contributed by atoms with Gasteiger partial charge < -0.3 is 10.2 Å². The molecule has 0 aliphatic heterocycles. The second-order valence-electron chi connectivity index (χ2n) is 6.54. The number of hydrogen-bond acceptors (Lipinski definition) is 4. The summed E-state index contributed by atoms with van der Waals surface area (Å²) in [5, 5.41) is 2.82. The van der Waals surface area contributed by atoms with Gasteiger partial charge in [-0.2, -0.15) is 0 Å². The number of aryl methyl sites for hydroxylation is 1. The lowest BCUT2D eigenvalue weighted by molar-refractivity contribution is -0.116. The van der Waals surface area contributed by atoms with Crippen LogP contribution in [0.1, 0.15) is 29.3 Å². The molecule has 0 atom stereocenters. The van der Waals surface area contributed by atoms with E-state index in [1.54, 1.807) is 24.3 Å². The maximum absolute atomic E-state index is 12.9. The van der Waals surface area contributed by atoms with E-state index in [0.29, 0.717) is 29.9 Å². The molecule has 2 N–H and O–H groups in total. The lowest BCUT2D eigenvalue weighted by atomic mass is 10.1. The van der Waals surface area contributed by atoms with Crippen molar-refractivity contribution in [2.24, 2.45) is 0 Å². The molecule has 28 heavy (non-hydrogen) atoms. The number of sulfonamides is 1. The van der Waals surface area contributed by atoms with Gasteiger partial charge in [-0.1, -0.05) is 31.2 Å². The van der Waals surface area contributed by atoms with Gasteiger partial charge in [-0.3, -0.25) is 14.3 Å². The lowest BCUT2D eigenvalue weighted by Crippen LogP contribution is -2.38. The van der Waals surface area contributed by atoms with Crippen LogP contribution in [0.4, 0.5) is 11.4 Å². The molecule has 0 heterocycles. The van der Waals surface area contributed by atoms with Crippen molar-refractivity contribution in [2.75, 3.05) is 29.4 Å². The summed E-state index contributed by atoms with van der Waals surface area (Å²) in [5.41, 5.74) is 2.25. The van der Waals surface area contributed by atoms with Crippen LogP contribution in [-0.2, 0) is 14.8 Å². The van der Waals surface area contributed by atoms with Crippen molar-refractivity contribution in [1.82, 2.24) is 4.90 Å². The standard InChI is InChI=1S/C20H25N3O4S/c1-4-12-23(14-19(24)21-18-11-6-5-8-15(18)2)20(25)16-9-7-10-17(13-16)22-28(3,26)27/h5-11,13,22H,4,12,14H2,1-3H3,(H,21,24). The Labute approximate surface area is 165 Å². The van der Waals surface area contributed by atoms with Gasteiger partial charge in [-0.25, -0.2) is 8.42 Å². The maximum Gasteiger partial charge on any atom is 0.254 e. The molecule has 0 aliphatic rings. The highest BCUT2D eigenvalue weighted by Gasteiger charge is 2.19. The molecule has 0 spiro atoms. The molecule has 0 unspecified atom stereocenters. The van der Waals surface area contributed by atoms with E-state index in [2.05, 4.69) is 10.0 Å². The summed E-state index contributed by atoms with van der Waals surface area (Å²) in [4.78, 5) is 26.8. The molecular formula is C20H25N3O4S. The third-order valence-electron chi connectivity index (χ3n) is 3.95. The Morgan fingerprint density at radius 3 is 2.43 bits per heavy atom. The average Bonchev–Trinajstić information content (AvgIpc) is 2.61. The number of anilines is 2. The number of carbonyl (C=O) groups excluding carboxylic acids is 2. The zero-order valence-electron chi connectivity index (χ0n) is 16.2. The molecule has 0 bridgehead atoms. The monoisotopic (exact) mass is 403 g/mol. The fourth-order valence-corrected chi connectivity index (χ4v) is 3.27. The number of nitrogens with zero attached hydrogens (tertiary/aromatic N) is 1. The number of hydrogen-bond donors (Lipinski definition) is 2. The van der Waals surface area contributed by atoms with Crippen molar-refractivity contribution in [2.45, 2.75) is 20.3 Å². The van der Waals surface area contributed by atoms with Crippen LogP contribution < -0.4 is 10.0 Å². The van der Waals surface area contributed by atoms with Crippen molar-refractivity contribution >= 4 is 33.2 Å². The van der Waals surface area contributed by atoms with Crippen molar-refractivity contribution in [3.8, 4) is 0 Å². The van der Waals surface area contributed by atoms with Crippen LogP contribution >= 0.6 is 0 Å². The highest BCUT2D eigenvalue weighted by atomic mass is 32.2. The van der Waals surface area contributed by atoms with Gasteiger partial charge in [0.1, 0.15) is 6.54 Å². The predicted molar refractivity (Wildman–Crippen MR) is 111 cm³/mol. The molecule has 0 saturated heterocycles. The number of benzene rings is 2. The molecular weight excluding hydrogens is 378 g/mol. The first-order valence-corrected chi connectivity index (χ1v) is 10.8. The van der Waals surface area contributed by atoms with Crippen LogP contribution in [0.3, 0.4) is 0 Å². The summed E-state index contributed by atoms with van der Waals surface area (Å²) in [6.07, 6.45) is 1.73. The molecule has 0 aromatic heterocycles. The van der Waals surface area contributed by atoms with Gasteiger partial charge in [0.2, 0.25) is 15.9 Å². The second kappa shape index (κ2) is 9.36. The summed E-state index contributed by atoms with van der Waals surface area (Å²) in [6, 6.07) is 13.6. The Balaban J connectivity index is 2.14. The maximum atomic E-state index is 12.9. The molecule has 7 nitrogen and oxygen atoms in total. The minimum absolute atomic E-state index is 0.0925. The number of amides is 2. The summed E-state index contributed by atoms with van der Waals surface area (Å²) in [6.45, 7) is 4.13. The van der Waals surface area contributed by atoms with E-state index in [1.807, 2.05) is 32.0 Å². The van der Waals surface area contributed by atoms with E-state index in [9.17, 15) is 18.0 Å². The van der Waals surface area contributed by atoms with E-state index < -0.39 is 10.0 Å². The van der Waals surface area contributed by atoms with Crippen molar-refractivity contribution in [3.63, 3.8) is 0 Å². The molecule has 2 aromatic rings. The van der Waals surface area contributed by atoms with Crippen molar-refractivity contribution in [3.05, 3.63) is 59.7 Å². The molecule has 0 radical (unpaired) electrons. The zero-order chi connectivity index (χ0) is 20.7. The van der Waals surface area contributed by atoms with Gasteiger partial charge in [0, 0.05) is 23.5 Å². The number of nitrogens with one attached hydrogen (secondary N) is 2. The van der Waals surface area contributed by atoms with E-state index in [1.165, 1.54) is 11.0 Å². The normalized spacial score (nSPS) is 11.0. The Morgan fingerprint density at radius 2 is 1.79 bits per heavy atom. The Hall–Kier alpha value is -2.87. The molecule has 8 heteroatoms. The first-order valence-electron chi connectivity index (χ1n) is 8.92. The smallest absolute Gasteiger partial charge is 0.254 e. The third-order valence-corrected chi connectivity index (χ3v) is 4.55. The van der Waals surface area contributed by atoms with Crippen LogP contribution in [0.15, 0.2) is 48.5 Å². The van der Waals surface area contributed by atoms with Gasteiger partial charge in [0.25, 0.3) is 5.91 Å². The summed E-state index contributed by atoms with van der Waals surface area (Å²) < 4.78 is 25.2. The van der Waals surface area contributed by atoms with Crippen LogP contribution in [-0.4, -0.2) is 44.5 Å². The topological polar surface area (TPSA) is 95.6 Å². The molecule has 2 amide bonds. The van der Waals surface area contributed by atoms with E-state index >= 15 is 0 Å². The predicted octanol–water partition coefficient (Wildman–Crippen LogP) is 2.86. The van der Waals surface area contributed by atoms with Gasteiger partial charge in [0.15, 0.2) is 0 Å². The number of para-hydroxylation sites is 1. The first kappa shape index (κ1) is 21.4. The first-order chi connectivity index (χ1) is 13.2. The average molecular weight is 404 g/mol. The Morgan fingerprint density at radius 1 is 1.07 bits per heavy atom. The summed E-state index contributed by atoms with van der Waals surface area (Å²) in [5.74, 6) is -0.625. The molecule has 0 fully saturated rings. The number of rotatable bonds is 8. The zero-order valence-corrected chi connectivity index (χ0v) is 17.0. The summed E-state index contributed by atoms with van der Waals surface area (Å²) in [7, 11) is -3.45. The van der Waals surface area contributed by atoms with Crippen LogP contribution in [0.2, 0.25) is 0 Å².